The second-order valence-electron chi connectivity index (χ2n) is 3.18. The van der Waals surface area contributed by atoms with Crippen LogP contribution in [0.2, 0.25) is 0 Å². The summed E-state index contributed by atoms with van der Waals surface area (Å²) in [7, 11) is 1.41. The van der Waals surface area contributed by atoms with Crippen LogP contribution in [0.5, 0.6) is 0 Å². The van der Waals surface area contributed by atoms with Crippen molar-refractivity contribution in [3.63, 3.8) is 0 Å². The van der Waals surface area contributed by atoms with Crippen LogP contribution in [-0.4, -0.2) is 39.4 Å². The van der Waals surface area contributed by atoms with E-state index in [9.17, 15) is 4.79 Å². The Morgan fingerprint density at radius 2 is 2.21 bits per heavy atom. The lowest BCUT2D eigenvalue weighted by Gasteiger charge is -2.10. The third-order valence-electron chi connectivity index (χ3n) is 1.90. The van der Waals surface area contributed by atoms with Crippen molar-refractivity contribution in [2.75, 3.05) is 33.4 Å². The first-order valence-corrected chi connectivity index (χ1v) is 5.08. The van der Waals surface area contributed by atoms with Crippen LogP contribution in [0.1, 0.15) is 20.3 Å². The molecule has 0 heterocycles. The number of methoxy groups -OCH3 is 1. The molecular formula is C10H21NO3. The maximum Gasteiger partial charge on any atom is 0.309 e. The number of carbonyl (C=O) groups is 1. The molecule has 0 aromatic carbocycles. The van der Waals surface area contributed by atoms with Crippen LogP contribution < -0.4 is 5.32 Å². The molecule has 1 atom stereocenters. The van der Waals surface area contributed by atoms with Crippen LogP contribution in [0.15, 0.2) is 0 Å². The summed E-state index contributed by atoms with van der Waals surface area (Å²) in [5.41, 5.74) is 0. The second-order valence-corrected chi connectivity index (χ2v) is 3.18. The summed E-state index contributed by atoms with van der Waals surface area (Å²) in [6.07, 6.45) is 0.974. The second kappa shape index (κ2) is 8.97. The smallest absolute Gasteiger partial charge is 0.309 e. The minimum Gasteiger partial charge on any atom is -0.469 e. The lowest BCUT2D eigenvalue weighted by molar-refractivity contribution is -0.144. The van der Waals surface area contributed by atoms with Crippen LogP contribution in [0.4, 0.5) is 0 Å². The van der Waals surface area contributed by atoms with Crippen molar-refractivity contribution in [3.05, 3.63) is 0 Å². The van der Waals surface area contributed by atoms with Crippen molar-refractivity contribution < 1.29 is 14.3 Å². The van der Waals surface area contributed by atoms with Crippen molar-refractivity contribution >= 4 is 5.97 Å². The number of carbonyl (C=O) groups excluding carboxylic acids is 1. The molecule has 0 saturated carbocycles. The third kappa shape index (κ3) is 6.86. The first-order valence-electron chi connectivity index (χ1n) is 5.08. The Labute approximate surface area is 86.0 Å². The Kier molecular flexibility index (Phi) is 8.57. The molecule has 4 heteroatoms. The molecule has 14 heavy (non-hydrogen) atoms. The number of nitrogens with one attached hydrogen (secondary N) is 1. The van der Waals surface area contributed by atoms with Gasteiger partial charge in [-0.25, -0.2) is 0 Å². The summed E-state index contributed by atoms with van der Waals surface area (Å²) in [5, 5.41) is 3.18. The number of hydrogen-bond donors (Lipinski definition) is 1. The van der Waals surface area contributed by atoms with E-state index in [4.69, 9.17) is 4.74 Å². The van der Waals surface area contributed by atoms with Gasteiger partial charge in [0.05, 0.1) is 13.0 Å². The van der Waals surface area contributed by atoms with Crippen LogP contribution >= 0.6 is 0 Å². The van der Waals surface area contributed by atoms with Crippen LogP contribution in [0, 0.1) is 5.92 Å². The predicted octanol–water partition coefficient (Wildman–Crippen LogP) is 0.812. The van der Waals surface area contributed by atoms with Gasteiger partial charge in [-0.3, -0.25) is 4.79 Å². The van der Waals surface area contributed by atoms with E-state index in [1.165, 1.54) is 7.11 Å². The Morgan fingerprint density at radius 3 is 2.79 bits per heavy atom. The predicted molar refractivity (Wildman–Crippen MR) is 55.2 cm³/mol. The molecule has 0 aliphatic rings. The summed E-state index contributed by atoms with van der Waals surface area (Å²) >= 11 is 0. The fourth-order valence-electron chi connectivity index (χ4n) is 1.05. The Bertz CT molecular complexity index is 150. The number of ether oxygens (including phenoxy) is 2. The van der Waals surface area contributed by atoms with E-state index in [0.717, 1.165) is 26.2 Å². The van der Waals surface area contributed by atoms with Gasteiger partial charge in [-0.1, -0.05) is 6.92 Å². The molecule has 0 aliphatic carbocycles. The quantitative estimate of drug-likeness (QED) is 0.468. The maximum atomic E-state index is 11.0. The van der Waals surface area contributed by atoms with E-state index >= 15 is 0 Å². The minimum atomic E-state index is -0.165. The van der Waals surface area contributed by atoms with Gasteiger partial charge >= 0.3 is 5.97 Å². The van der Waals surface area contributed by atoms with Crippen molar-refractivity contribution in [3.8, 4) is 0 Å². The van der Waals surface area contributed by atoms with Gasteiger partial charge in [0.2, 0.25) is 0 Å². The molecule has 0 rings (SSSR count). The zero-order valence-electron chi connectivity index (χ0n) is 9.34. The highest BCUT2D eigenvalue weighted by Gasteiger charge is 2.11. The Hall–Kier alpha value is -0.610. The molecule has 0 aliphatic heterocycles. The van der Waals surface area contributed by atoms with Crippen molar-refractivity contribution in [1.82, 2.24) is 5.32 Å². The van der Waals surface area contributed by atoms with Crippen LogP contribution in [0.25, 0.3) is 0 Å². The lowest BCUT2D eigenvalue weighted by Crippen LogP contribution is -2.28. The average molecular weight is 203 g/mol. The molecule has 0 bridgehead atoms. The van der Waals surface area contributed by atoms with Crippen molar-refractivity contribution in [2.45, 2.75) is 20.3 Å². The van der Waals surface area contributed by atoms with Gasteiger partial charge in [0.1, 0.15) is 0 Å². The van der Waals surface area contributed by atoms with Gasteiger partial charge in [-0.2, -0.15) is 0 Å². The van der Waals surface area contributed by atoms with E-state index in [0.29, 0.717) is 6.54 Å². The first-order chi connectivity index (χ1) is 6.72. The first kappa shape index (κ1) is 13.4. The van der Waals surface area contributed by atoms with Gasteiger partial charge in [0.15, 0.2) is 0 Å². The standard InChI is InChI=1S/C10H21NO3/c1-4-14-7-5-6-11-8-9(2)10(12)13-3/h9,11H,4-8H2,1-3H3/t9-/m0/s1. The van der Waals surface area contributed by atoms with Gasteiger partial charge in [0.25, 0.3) is 0 Å². The van der Waals surface area contributed by atoms with Gasteiger partial charge in [-0.05, 0) is 19.9 Å². The topological polar surface area (TPSA) is 47.6 Å². The molecule has 0 radical (unpaired) electrons. The molecule has 0 fully saturated rings. The number of esters is 1. The summed E-state index contributed by atoms with van der Waals surface area (Å²) in [6.45, 7) is 6.91. The van der Waals surface area contributed by atoms with Gasteiger partial charge < -0.3 is 14.8 Å². The van der Waals surface area contributed by atoms with E-state index in [-0.39, 0.29) is 11.9 Å². The molecule has 0 aromatic rings. The van der Waals surface area contributed by atoms with Crippen LogP contribution in [0.3, 0.4) is 0 Å². The summed E-state index contributed by atoms with van der Waals surface area (Å²) < 4.78 is 9.78. The van der Waals surface area contributed by atoms with E-state index < -0.39 is 0 Å². The highest BCUT2D eigenvalue weighted by molar-refractivity contribution is 5.71. The molecule has 0 saturated heterocycles. The zero-order valence-corrected chi connectivity index (χ0v) is 9.34. The molecule has 0 spiro atoms. The summed E-state index contributed by atoms with van der Waals surface area (Å²) in [6, 6.07) is 0. The molecule has 84 valence electrons. The molecule has 0 aromatic heterocycles. The average Bonchev–Trinajstić information content (AvgIpc) is 2.21. The van der Waals surface area contributed by atoms with Crippen LogP contribution in [-0.2, 0) is 14.3 Å². The minimum absolute atomic E-state index is 0.0768. The van der Waals surface area contributed by atoms with Crippen molar-refractivity contribution in [2.24, 2.45) is 5.92 Å². The van der Waals surface area contributed by atoms with E-state index in [2.05, 4.69) is 10.1 Å². The zero-order chi connectivity index (χ0) is 10.8. The SMILES string of the molecule is CCOCCCNC[C@H](C)C(=O)OC. The largest absolute Gasteiger partial charge is 0.469 e. The molecule has 4 nitrogen and oxygen atoms in total. The molecule has 0 amide bonds. The molecule has 1 N–H and O–H groups in total. The summed E-state index contributed by atoms with van der Waals surface area (Å²) in [5.74, 6) is -0.241. The highest BCUT2D eigenvalue weighted by atomic mass is 16.5. The fraction of sp³-hybridized carbons (Fsp3) is 0.900. The Balaban J connectivity index is 3.23. The lowest BCUT2D eigenvalue weighted by atomic mass is 10.2. The van der Waals surface area contributed by atoms with E-state index in [1.54, 1.807) is 0 Å². The third-order valence-corrected chi connectivity index (χ3v) is 1.90. The molecule has 0 unspecified atom stereocenters. The van der Waals surface area contributed by atoms with E-state index in [1.807, 2.05) is 13.8 Å². The summed E-state index contributed by atoms with van der Waals surface area (Å²) in [4.78, 5) is 11.0. The number of rotatable bonds is 8. The Morgan fingerprint density at radius 1 is 1.50 bits per heavy atom. The molecular weight excluding hydrogens is 182 g/mol. The maximum absolute atomic E-state index is 11.0. The van der Waals surface area contributed by atoms with Gasteiger partial charge in [0, 0.05) is 19.8 Å². The fourth-order valence-corrected chi connectivity index (χ4v) is 1.05. The monoisotopic (exact) mass is 203 g/mol. The van der Waals surface area contributed by atoms with Gasteiger partial charge in [-0.15, -0.1) is 0 Å². The highest BCUT2D eigenvalue weighted by Crippen LogP contribution is 1.94. The van der Waals surface area contributed by atoms with Crippen molar-refractivity contribution in [1.29, 1.82) is 0 Å². The number of hydrogen-bond acceptors (Lipinski definition) is 4. The normalized spacial score (nSPS) is 12.5.